The quantitative estimate of drug-likeness (QED) is 0.764. The predicted octanol–water partition coefficient (Wildman–Crippen LogP) is 2.12. The summed E-state index contributed by atoms with van der Waals surface area (Å²) in [6.45, 7) is 8.48. The molecule has 2 bridgehead atoms. The Kier molecular flexibility index (Phi) is 2.89. The normalized spacial score (nSPS) is 36.4. The number of hydrogen-bond acceptors (Lipinski definition) is 3. The first-order valence-electron chi connectivity index (χ1n) is 6.48. The van der Waals surface area contributed by atoms with Crippen molar-refractivity contribution in [2.45, 2.75) is 64.6 Å². The number of carbonyl (C=O) groups excluding carboxylic acids is 1. The van der Waals surface area contributed by atoms with Crippen LogP contribution in [0, 0.1) is 5.41 Å². The molecule has 17 heavy (non-hydrogen) atoms. The molecule has 0 aromatic carbocycles. The van der Waals surface area contributed by atoms with Crippen molar-refractivity contribution in [2.24, 2.45) is 11.1 Å². The summed E-state index contributed by atoms with van der Waals surface area (Å²) in [5.41, 5.74) is 5.62. The van der Waals surface area contributed by atoms with Gasteiger partial charge in [0.15, 0.2) is 0 Å². The molecular weight excluding hydrogens is 216 g/mol. The van der Waals surface area contributed by atoms with Crippen molar-refractivity contribution in [1.29, 1.82) is 0 Å². The summed E-state index contributed by atoms with van der Waals surface area (Å²) in [5.74, 6) is 0. The van der Waals surface area contributed by atoms with E-state index in [1.54, 1.807) is 0 Å². The van der Waals surface area contributed by atoms with Gasteiger partial charge in [0.2, 0.25) is 0 Å². The highest BCUT2D eigenvalue weighted by molar-refractivity contribution is 5.70. The summed E-state index contributed by atoms with van der Waals surface area (Å²) in [6, 6.07) is 0.486. The van der Waals surface area contributed by atoms with Crippen LogP contribution in [-0.2, 0) is 4.74 Å². The molecule has 1 aliphatic carbocycles. The van der Waals surface area contributed by atoms with E-state index < -0.39 is 5.60 Å². The Morgan fingerprint density at radius 2 is 2.18 bits per heavy atom. The number of rotatable bonds is 1. The van der Waals surface area contributed by atoms with Crippen molar-refractivity contribution in [3.8, 4) is 0 Å². The zero-order chi connectivity index (χ0) is 12.8. The number of fused-ring (bicyclic) bond motifs is 2. The first-order valence-corrected chi connectivity index (χ1v) is 6.48. The van der Waals surface area contributed by atoms with Crippen molar-refractivity contribution >= 4 is 6.09 Å². The zero-order valence-corrected chi connectivity index (χ0v) is 11.3. The van der Waals surface area contributed by atoms with Crippen molar-refractivity contribution in [1.82, 2.24) is 4.90 Å². The molecule has 4 nitrogen and oxygen atoms in total. The average Bonchev–Trinajstić information content (AvgIpc) is 2.66. The van der Waals surface area contributed by atoms with E-state index in [0.717, 1.165) is 12.8 Å². The van der Waals surface area contributed by atoms with E-state index in [-0.39, 0.29) is 17.6 Å². The molecule has 3 atom stereocenters. The largest absolute Gasteiger partial charge is 0.444 e. The van der Waals surface area contributed by atoms with Crippen LogP contribution in [-0.4, -0.2) is 35.2 Å². The van der Waals surface area contributed by atoms with E-state index in [1.807, 2.05) is 25.7 Å². The number of carbonyl (C=O) groups is 1. The van der Waals surface area contributed by atoms with Gasteiger partial charge in [-0.05, 0) is 45.4 Å². The van der Waals surface area contributed by atoms with Crippen LogP contribution in [0.25, 0.3) is 0 Å². The molecule has 0 aromatic heterocycles. The van der Waals surface area contributed by atoms with Crippen LogP contribution in [0.4, 0.5) is 4.79 Å². The van der Waals surface area contributed by atoms with Crippen molar-refractivity contribution in [3.63, 3.8) is 0 Å². The minimum Gasteiger partial charge on any atom is -0.444 e. The molecule has 2 rings (SSSR count). The maximum atomic E-state index is 12.2. The van der Waals surface area contributed by atoms with Gasteiger partial charge in [0, 0.05) is 12.6 Å². The highest BCUT2D eigenvalue weighted by Crippen LogP contribution is 2.51. The lowest BCUT2D eigenvalue weighted by atomic mass is 9.82. The number of nitrogens with zero attached hydrogens (tertiary/aromatic N) is 1. The Morgan fingerprint density at radius 3 is 2.71 bits per heavy atom. The van der Waals surface area contributed by atoms with E-state index >= 15 is 0 Å². The molecular formula is C13H24N2O2. The summed E-state index contributed by atoms with van der Waals surface area (Å²) >= 11 is 0. The van der Waals surface area contributed by atoms with Crippen molar-refractivity contribution < 1.29 is 9.53 Å². The van der Waals surface area contributed by atoms with E-state index in [0.29, 0.717) is 12.6 Å². The molecule has 98 valence electrons. The minimum absolute atomic E-state index is 0.149. The van der Waals surface area contributed by atoms with Crippen molar-refractivity contribution in [3.05, 3.63) is 0 Å². The Labute approximate surface area is 103 Å². The van der Waals surface area contributed by atoms with Crippen LogP contribution < -0.4 is 5.73 Å². The predicted molar refractivity (Wildman–Crippen MR) is 66.7 cm³/mol. The van der Waals surface area contributed by atoms with E-state index in [2.05, 4.69) is 6.92 Å². The first-order chi connectivity index (χ1) is 7.77. The van der Waals surface area contributed by atoms with Gasteiger partial charge in [0.25, 0.3) is 0 Å². The SMILES string of the molecule is CC(C)(C)OC(=O)N1[C@@H]2CC[C@@](C)(C2)[C@H]1CN. The highest BCUT2D eigenvalue weighted by atomic mass is 16.6. The second-order valence-electron chi connectivity index (χ2n) is 6.69. The summed E-state index contributed by atoms with van der Waals surface area (Å²) in [5, 5.41) is 0. The van der Waals surface area contributed by atoms with Gasteiger partial charge in [0.1, 0.15) is 5.60 Å². The fourth-order valence-electron chi connectivity index (χ4n) is 3.36. The van der Waals surface area contributed by atoms with Gasteiger partial charge in [-0.3, -0.25) is 0 Å². The maximum Gasteiger partial charge on any atom is 0.410 e. The molecule has 0 aromatic rings. The second kappa shape index (κ2) is 3.87. The number of amides is 1. The molecule has 1 amide bonds. The number of ether oxygens (including phenoxy) is 1. The Hall–Kier alpha value is -0.770. The molecule has 0 unspecified atom stereocenters. The van der Waals surface area contributed by atoms with E-state index in [9.17, 15) is 4.79 Å². The Bertz CT molecular complexity index is 324. The Morgan fingerprint density at radius 1 is 1.53 bits per heavy atom. The molecule has 4 heteroatoms. The molecule has 1 heterocycles. The van der Waals surface area contributed by atoms with Gasteiger partial charge >= 0.3 is 6.09 Å². The van der Waals surface area contributed by atoms with E-state index in [1.165, 1.54) is 6.42 Å². The molecule has 1 saturated carbocycles. The number of nitrogens with two attached hydrogens (primary N) is 1. The molecule has 2 fully saturated rings. The van der Waals surface area contributed by atoms with Gasteiger partial charge in [-0.2, -0.15) is 0 Å². The molecule has 0 spiro atoms. The number of hydrogen-bond donors (Lipinski definition) is 1. The molecule has 0 radical (unpaired) electrons. The monoisotopic (exact) mass is 240 g/mol. The lowest BCUT2D eigenvalue weighted by molar-refractivity contribution is 0.00252. The standard InChI is InChI=1S/C13H24N2O2/c1-12(2,3)17-11(16)15-9-5-6-13(4,7-9)10(15)8-14/h9-10H,5-8,14H2,1-4H3/t9-,10-,13+/m1/s1. The van der Waals surface area contributed by atoms with Gasteiger partial charge in [-0.25, -0.2) is 4.79 Å². The van der Waals surface area contributed by atoms with Crippen LogP contribution in [0.2, 0.25) is 0 Å². The fraction of sp³-hybridized carbons (Fsp3) is 0.923. The fourth-order valence-corrected chi connectivity index (χ4v) is 3.36. The van der Waals surface area contributed by atoms with Gasteiger partial charge in [0.05, 0.1) is 6.04 Å². The first kappa shape index (κ1) is 12.7. The Balaban J connectivity index is 2.13. The lowest BCUT2D eigenvalue weighted by Crippen LogP contribution is -2.52. The summed E-state index contributed by atoms with van der Waals surface area (Å²) in [6.07, 6.45) is 3.15. The molecule has 2 N–H and O–H groups in total. The lowest BCUT2D eigenvalue weighted by Gasteiger charge is -2.39. The average molecular weight is 240 g/mol. The summed E-state index contributed by atoms with van der Waals surface area (Å²) in [4.78, 5) is 14.1. The van der Waals surface area contributed by atoms with Crippen LogP contribution in [0.1, 0.15) is 47.0 Å². The topological polar surface area (TPSA) is 55.6 Å². The second-order valence-corrected chi connectivity index (χ2v) is 6.69. The number of piperidine rings is 1. The molecule has 2 aliphatic rings. The third-order valence-corrected chi connectivity index (χ3v) is 4.11. The highest BCUT2D eigenvalue weighted by Gasteiger charge is 2.55. The van der Waals surface area contributed by atoms with E-state index in [4.69, 9.17) is 10.5 Å². The maximum absolute atomic E-state index is 12.2. The van der Waals surface area contributed by atoms with Gasteiger partial charge in [-0.15, -0.1) is 0 Å². The van der Waals surface area contributed by atoms with Crippen LogP contribution in [0.15, 0.2) is 0 Å². The third-order valence-electron chi connectivity index (χ3n) is 4.11. The summed E-state index contributed by atoms with van der Waals surface area (Å²) in [7, 11) is 0. The zero-order valence-electron chi connectivity index (χ0n) is 11.3. The minimum atomic E-state index is -0.432. The van der Waals surface area contributed by atoms with Gasteiger partial charge in [-0.1, -0.05) is 6.92 Å². The molecule has 1 aliphatic heterocycles. The van der Waals surface area contributed by atoms with Crippen molar-refractivity contribution in [2.75, 3.05) is 6.54 Å². The van der Waals surface area contributed by atoms with Crippen LogP contribution in [0.5, 0.6) is 0 Å². The smallest absolute Gasteiger partial charge is 0.410 e. The van der Waals surface area contributed by atoms with Gasteiger partial charge < -0.3 is 15.4 Å². The third kappa shape index (κ3) is 2.15. The number of likely N-dealkylation sites (tertiary alicyclic amines) is 1. The van der Waals surface area contributed by atoms with Crippen LogP contribution >= 0.6 is 0 Å². The van der Waals surface area contributed by atoms with Crippen LogP contribution in [0.3, 0.4) is 0 Å². The summed E-state index contributed by atoms with van der Waals surface area (Å²) < 4.78 is 5.48. The molecule has 1 saturated heterocycles.